The normalized spacial score (nSPS) is 16.1. The van der Waals surface area contributed by atoms with E-state index >= 15 is 0 Å². The van der Waals surface area contributed by atoms with Gasteiger partial charge in [-0.25, -0.2) is 24.0 Å². The molecule has 0 bridgehead atoms. The number of sulfonamides is 1. The fourth-order valence-corrected chi connectivity index (χ4v) is 2.58. The highest BCUT2D eigenvalue weighted by molar-refractivity contribution is 7.89. The van der Waals surface area contributed by atoms with Gasteiger partial charge in [-0.1, -0.05) is 0 Å². The van der Waals surface area contributed by atoms with Gasteiger partial charge in [0.05, 0.1) is 0 Å². The van der Waals surface area contributed by atoms with E-state index in [2.05, 4.69) is 15.1 Å². The van der Waals surface area contributed by atoms with Crippen LogP contribution in [0.15, 0.2) is 23.2 Å². The monoisotopic (exact) mass is 242 g/mol. The fraction of sp³-hybridized carbons (Fsp3) is 0.444. The third-order valence-corrected chi connectivity index (χ3v) is 3.91. The average molecular weight is 242 g/mol. The van der Waals surface area contributed by atoms with Crippen LogP contribution in [0.25, 0.3) is 0 Å². The molecule has 1 aliphatic carbocycles. The molecule has 0 spiro atoms. The number of anilines is 1. The third kappa shape index (κ3) is 2.49. The molecule has 1 aliphatic rings. The zero-order valence-corrected chi connectivity index (χ0v) is 9.50. The second kappa shape index (κ2) is 4.36. The van der Waals surface area contributed by atoms with Gasteiger partial charge in [0.1, 0.15) is 4.90 Å². The van der Waals surface area contributed by atoms with Gasteiger partial charge in [-0.3, -0.25) is 0 Å². The molecule has 1 aromatic rings. The van der Waals surface area contributed by atoms with Crippen molar-refractivity contribution < 1.29 is 8.42 Å². The summed E-state index contributed by atoms with van der Waals surface area (Å²) in [4.78, 5) is 3.93. The largest absolute Gasteiger partial charge is 0.307 e. The van der Waals surface area contributed by atoms with E-state index in [0.29, 0.717) is 12.5 Å². The lowest BCUT2D eigenvalue weighted by Crippen LogP contribution is -2.27. The van der Waals surface area contributed by atoms with Crippen molar-refractivity contribution in [2.24, 2.45) is 11.8 Å². The Morgan fingerprint density at radius 1 is 1.50 bits per heavy atom. The Morgan fingerprint density at radius 3 is 2.88 bits per heavy atom. The van der Waals surface area contributed by atoms with E-state index in [1.165, 1.54) is 12.3 Å². The Balaban J connectivity index is 2.19. The van der Waals surface area contributed by atoms with Crippen LogP contribution in [0.5, 0.6) is 0 Å². The number of rotatable bonds is 5. The molecule has 0 aromatic carbocycles. The minimum Gasteiger partial charge on any atom is -0.307 e. The van der Waals surface area contributed by atoms with Crippen molar-refractivity contribution in [1.82, 2.24) is 9.71 Å². The lowest BCUT2D eigenvalue weighted by molar-refractivity contribution is 0.577. The first-order chi connectivity index (χ1) is 7.63. The highest BCUT2D eigenvalue weighted by atomic mass is 32.2. The molecule has 0 atom stereocenters. The van der Waals surface area contributed by atoms with Gasteiger partial charge in [-0.15, -0.1) is 0 Å². The van der Waals surface area contributed by atoms with E-state index in [4.69, 9.17) is 5.84 Å². The predicted octanol–water partition coefficient (Wildman–Crippen LogP) is 0.0555. The van der Waals surface area contributed by atoms with Gasteiger partial charge in [0.15, 0.2) is 5.82 Å². The third-order valence-electron chi connectivity index (χ3n) is 2.46. The fourth-order valence-electron chi connectivity index (χ4n) is 1.34. The van der Waals surface area contributed by atoms with Crippen LogP contribution in [0.4, 0.5) is 5.82 Å². The molecule has 0 unspecified atom stereocenters. The van der Waals surface area contributed by atoms with Gasteiger partial charge in [-0.2, -0.15) is 0 Å². The van der Waals surface area contributed by atoms with E-state index in [9.17, 15) is 8.42 Å². The summed E-state index contributed by atoms with van der Waals surface area (Å²) in [5.41, 5.74) is 2.27. The highest BCUT2D eigenvalue weighted by Crippen LogP contribution is 2.28. The molecule has 0 aliphatic heterocycles. The molecule has 1 heterocycles. The number of hydrogen-bond acceptors (Lipinski definition) is 5. The van der Waals surface area contributed by atoms with Crippen LogP contribution in [0.1, 0.15) is 12.8 Å². The SMILES string of the molecule is NNc1ncccc1S(=O)(=O)NCC1CC1. The molecule has 1 fully saturated rings. The zero-order valence-electron chi connectivity index (χ0n) is 8.68. The summed E-state index contributed by atoms with van der Waals surface area (Å²) in [7, 11) is -3.51. The summed E-state index contributed by atoms with van der Waals surface area (Å²) in [5.74, 6) is 5.86. The topological polar surface area (TPSA) is 97.1 Å². The van der Waals surface area contributed by atoms with Crippen molar-refractivity contribution in [2.45, 2.75) is 17.7 Å². The number of aromatic nitrogens is 1. The van der Waals surface area contributed by atoms with E-state index in [1.54, 1.807) is 6.07 Å². The predicted molar refractivity (Wildman–Crippen MR) is 60.0 cm³/mol. The first-order valence-corrected chi connectivity index (χ1v) is 6.53. The van der Waals surface area contributed by atoms with Gasteiger partial charge in [0.2, 0.25) is 10.0 Å². The summed E-state index contributed by atoms with van der Waals surface area (Å²) >= 11 is 0. The maximum atomic E-state index is 11.9. The first kappa shape index (κ1) is 11.3. The van der Waals surface area contributed by atoms with Crippen LogP contribution in [0, 0.1) is 5.92 Å². The molecular formula is C9H14N4O2S. The molecule has 1 saturated carbocycles. The molecule has 16 heavy (non-hydrogen) atoms. The van der Waals surface area contributed by atoms with Gasteiger partial charge < -0.3 is 5.43 Å². The Hall–Kier alpha value is -1.18. The van der Waals surface area contributed by atoms with E-state index in [0.717, 1.165) is 12.8 Å². The standard InChI is InChI=1S/C9H14N4O2S/c10-13-9-8(2-1-5-11-9)16(14,15)12-6-7-3-4-7/h1-2,5,7,12H,3-4,6,10H2,(H,11,13). The number of nitrogen functional groups attached to an aromatic ring is 1. The second-order valence-electron chi connectivity index (χ2n) is 3.79. The van der Waals surface area contributed by atoms with Crippen LogP contribution in [-0.2, 0) is 10.0 Å². The number of nitrogens with zero attached hydrogens (tertiary/aromatic N) is 1. The zero-order chi connectivity index (χ0) is 11.6. The summed E-state index contributed by atoms with van der Waals surface area (Å²) in [5, 5.41) is 0. The van der Waals surface area contributed by atoms with Crippen LogP contribution < -0.4 is 16.0 Å². The van der Waals surface area contributed by atoms with Crippen LogP contribution in [0.3, 0.4) is 0 Å². The molecule has 0 saturated heterocycles. The van der Waals surface area contributed by atoms with Crippen molar-refractivity contribution in [1.29, 1.82) is 0 Å². The second-order valence-corrected chi connectivity index (χ2v) is 5.53. The molecule has 88 valence electrons. The maximum absolute atomic E-state index is 11.9. The number of pyridine rings is 1. The molecular weight excluding hydrogens is 228 g/mol. The maximum Gasteiger partial charge on any atom is 0.244 e. The van der Waals surface area contributed by atoms with Crippen LogP contribution in [-0.4, -0.2) is 19.9 Å². The van der Waals surface area contributed by atoms with Crippen molar-refractivity contribution in [3.8, 4) is 0 Å². The Morgan fingerprint density at radius 2 is 2.25 bits per heavy atom. The lowest BCUT2D eigenvalue weighted by Gasteiger charge is -2.09. The molecule has 0 radical (unpaired) electrons. The molecule has 0 amide bonds. The average Bonchev–Trinajstić information content (AvgIpc) is 3.10. The number of nitrogens with two attached hydrogens (primary N) is 1. The highest BCUT2D eigenvalue weighted by Gasteiger charge is 2.25. The van der Waals surface area contributed by atoms with Crippen LogP contribution >= 0.6 is 0 Å². The van der Waals surface area contributed by atoms with Crippen molar-refractivity contribution >= 4 is 15.8 Å². The van der Waals surface area contributed by atoms with E-state index in [-0.39, 0.29) is 10.7 Å². The van der Waals surface area contributed by atoms with Gasteiger partial charge >= 0.3 is 0 Å². The summed E-state index contributed by atoms with van der Waals surface area (Å²) < 4.78 is 26.3. The lowest BCUT2D eigenvalue weighted by atomic mass is 10.4. The number of hydrazine groups is 1. The minimum atomic E-state index is -3.51. The smallest absolute Gasteiger partial charge is 0.244 e. The first-order valence-electron chi connectivity index (χ1n) is 5.05. The van der Waals surface area contributed by atoms with Gasteiger partial charge in [0, 0.05) is 12.7 Å². The van der Waals surface area contributed by atoms with Crippen molar-refractivity contribution in [3.63, 3.8) is 0 Å². The van der Waals surface area contributed by atoms with E-state index < -0.39 is 10.0 Å². The summed E-state index contributed by atoms with van der Waals surface area (Å²) in [6, 6.07) is 3.03. The number of hydrogen-bond donors (Lipinski definition) is 3. The Labute approximate surface area is 94.3 Å². The molecule has 7 heteroatoms. The summed E-state index contributed by atoms with van der Waals surface area (Å²) in [6.07, 6.45) is 3.67. The Kier molecular flexibility index (Phi) is 3.08. The summed E-state index contributed by atoms with van der Waals surface area (Å²) in [6.45, 7) is 0.487. The van der Waals surface area contributed by atoms with E-state index in [1.807, 2.05) is 0 Å². The molecule has 1 aromatic heterocycles. The molecule has 2 rings (SSSR count). The van der Waals surface area contributed by atoms with Gasteiger partial charge in [-0.05, 0) is 30.9 Å². The van der Waals surface area contributed by atoms with Crippen LogP contribution in [0.2, 0.25) is 0 Å². The van der Waals surface area contributed by atoms with Crippen molar-refractivity contribution in [3.05, 3.63) is 18.3 Å². The number of nitrogens with one attached hydrogen (secondary N) is 2. The Bertz CT molecular complexity index is 470. The molecule has 6 nitrogen and oxygen atoms in total. The minimum absolute atomic E-state index is 0.0816. The van der Waals surface area contributed by atoms with Gasteiger partial charge in [0.25, 0.3) is 0 Å². The van der Waals surface area contributed by atoms with Crippen molar-refractivity contribution in [2.75, 3.05) is 12.0 Å². The molecule has 4 N–H and O–H groups in total. The quantitative estimate of drug-likeness (QED) is 0.501.